The van der Waals surface area contributed by atoms with Crippen molar-refractivity contribution in [3.05, 3.63) is 59.9 Å². The van der Waals surface area contributed by atoms with Gasteiger partial charge < -0.3 is 15.1 Å². The van der Waals surface area contributed by atoms with Crippen LogP contribution in [-0.2, 0) is 4.79 Å². The van der Waals surface area contributed by atoms with Crippen LogP contribution >= 0.6 is 0 Å². The number of piperazine rings is 1. The summed E-state index contributed by atoms with van der Waals surface area (Å²) in [6, 6.07) is 15.6. The Labute approximate surface area is 197 Å². The van der Waals surface area contributed by atoms with E-state index in [1.807, 2.05) is 26.2 Å². The molecule has 1 N–H and O–H groups in total. The number of rotatable bonds is 7. The Morgan fingerprint density at radius 1 is 0.970 bits per heavy atom. The lowest BCUT2D eigenvalue weighted by atomic mass is 9.88. The molecule has 1 amide bonds. The van der Waals surface area contributed by atoms with Crippen molar-refractivity contribution in [1.82, 2.24) is 10.2 Å². The van der Waals surface area contributed by atoms with Crippen LogP contribution in [0, 0.1) is 11.7 Å². The Morgan fingerprint density at radius 2 is 1.61 bits per heavy atom. The van der Waals surface area contributed by atoms with Crippen LogP contribution in [0.1, 0.15) is 43.7 Å². The van der Waals surface area contributed by atoms with Gasteiger partial charge in [0.2, 0.25) is 5.91 Å². The number of nitrogens with zero attached hydrogens (tertiary/aromatic N) is 3. The van der Waals surface area contributed by atoms with Crippen LogP contribution in [0.25, 0.3) is 0 Å². The zero-order valence-corrected chi connectivity index (χ0v) is 20.0. The minimum Gasteiger partial charge on any atom is -0.378 e. The van der Waals surface area contributed by atoms with Crippen LogP contribution in [0.3, 0.4) is 0 Å². The lowest BCUT2D eigenvalue weighted by molar-refractivity contribution is -0.126. The van der Waals surface area contributed by atoms with Crippen LogP contribution in [0.15, 0.2) is 48.5 Å². The molecule has 2 aromatic rings. The highest BCUT2D eigenvalue weighted by atomic mass is 19.1. The van der Waals surface area contributed by atoms with Crippen LogP contribution in [0.5, 0.6) is 0 Å². The molecule has 0 radical (unpaired) electrons. The summed E-state index contributed by atoms with van der Waals surface area (Å²) in [5.41, 5.74) is 3.47. The predicted octanol–water partition coefficient (Wildman–Crippen LogP) is 4.45. The molecule has 0 spiro atoms. The lowest BCUT2D eigenvalue weighted by Crippen LogP contribution is -2.50. The molecule has 2 aromatic carbocycles. The second kappa shape index (κ2) is 11.0. The number of amides is 1. The molecule has 6 heteroatoms. The summed E-state index contributed by atoms with van der Waals surface area (Å²) < 4.78 is 13.3. The number of hydrogen-bond donors (Lipinski definition) is 1. The average molecular weight is 453 g/mol. The number of carbonyl (C=O) groups is 1. The fraction of sp³-hybridized carbons (Fsp3) is 0.519. The van der Waals surface area contributed by atoms with E-state index in [1.165, 1.54) is 42.6 Å². The quantitative estimate of drug-likeness (QED) is 0.674. The monoisotopic (exact) mass is 452 g/mol. The highest BCUT2D eigenvalue weighted by molar-refractivity contribution is 5.78. The largest absolute Gasteiger partial charge is 0.378 e. The molecule has 2 aliphatic rings. The van der Waals surface area contributed by atoms with E-state index in [2.05, 4.69) is 44.3 Å². The number of benzene rings is 2. The highest BCUT2D eigenvalue weighted by Crippen LogP contribution is 2.27. The summed E-state index contributed by atoms with van der Waals surface area (Å²) >= 11 is 0. The zero-order valence-electron chi connectivity index (χ0n) is 20.0. The van der Waals surface area contributed by atoms with E-state index in [1.54, 1.807) is 0 Å². The molecule has 33 heavy (non-hydrogen) atoms. The predicted molar refractivity (Wildman–Crippen MR) is 133 cm³/mol. The fourth-order valence-corrected chi connectivity index (χ4v) is 5.10. The number of hydrogen-bond acceptors (Lipinski definition) is 4. The van der Waals surface area contributed by atoms with E-state index < -0.39 is 0 Å². The van der Waals surface area contributed by atoms with Crippen molar-refractivity contribution in [3.63, 3.8) is 0 Å². The Balaban J connectivity index is 1.44. The van der Waals surface area contributed by atoms with Crippen molar-refractivity contribution in [2.75, 3.05) is 56.6 Å². The van der Waals surface area contributed by atoms with E-state index in [9.17, 15) is 9.18 Å². The third-order valence-electron chi connectivity index (χ3n) is 7.19. The second-order valence-electron chi connectivity index (χ2n) is 9.58. The maximum absolute atomic E-state index is 13.3. The van der Waals surface area contributed by atoms with E-state index in [4.69, 9.17) is 0 Å². The zero-order chi connectivity index (χ0) is 23.2. The van der Waals surface area contributed by atoms with Gasteiger partial charge in [0.25, 0.3) is 0 Å². The van der Waals surface area contributed by atoms with E-state index in [-0.39, 0.29) is 23.7 Å². The van der Waals surface area contributed by atoms with Crippen molar-refractivity contribution in [2.45, 2.75) is 38.1 Å². The van der Waals surface area contributed by atoms with Gasteiger partial charge in [-0.15, -0.1) is 0 Å². The van der Waals surface area contributed by atoms with E-state index in [0.717, 1.165) is 44.7 Å². The van der Waals surface area contributed by atoms with Crippen LogP contribution < -0.4 is 15.1 Å². The second-order valence-corrected chi connectivity index (χ2v) is 9.58. The first-order valence-corrected chi connectivity index (χ1v) is 12.3. The van der Waals surface area contributed by atoms with Gasteiger partial charge in [0, 0.05) is 64.1 Å². The van der Waals surface area contributed by atoms with Crippen molar-refractivity contribution in [3.8, 4) is 0 Å². The van der Waals surface area contributed by atoms with Gasteiger partial charge in [0.05, 0.1) is 6.04 Å². The summed E-state index contributed by atoms with van der Waals surface area (Å²) in [6.07, 6.45) is 5.62. The molecule has 0 unspecified atom stereocenters. The molecule has 1 saturated heterocycles. The topological polar surface area (TPSA) is 38.8 Å². The van der Waals surface area contributed by atoms with Crippen molar-refractivity contribution in [1.29, 1.82) is 0 Å². The minimum absolute atomic E-state index is 0.143. The Morgan fingerprint density at radius 3 is 2.21 bits per heavy atom. The van der Waals surface area contributed by atoms with Gasteiger partial charge in [-0.1, -0.05) is 31.4 Å². The summed E-state index contributed by atoms with van der Waals surface area (Å²) in [6.45, 7) is 4.20. The maximum Gasteiger partial charge on any atom is 0.223 e. The standard InChI is InChI=1S/C27H37FN4O/c1-30(2)24-12-8-21(9-13-24)26(20-29-27(33)22-6-4-3-5-7-22)32-18-16-31(17-19-32)25-14-10-23(28)11-15-25/h8-15,22,26H,3-7,16-20H2,1-2H3,(H,29,33)/t26-/m1/s1. The van der Waals surface area contributed by atoms with E-state index >= 15 is 0 Å². The van der Waals surface area contributed by atoms with Crippen LogP contribution in [0.4, 0.5) is 15.8 Å². The third kappa shape index (κ3) is 6.05. The van der Waals surface area contributed by atoms with Crippen LogP contribution in [-0.4, -0.2) is 57.6 Å². The van der Waals surface area contributed by atoms with Gasteiger partial charge in [-0.25, -0.2) is 4.39 Å². The van der Waals surface area contributed by atoms with Gasteiger partial charge in [-0.3, -0.25) is 9.69 Å². The molecule has 1 aliphatic carbocycles. The van der Waals surface area contributed by atoms with Crippen molar-refractivity contribution < 1.29 is 9.18 Å². The molecule has 1 saturated carbocycles. The number of carbonyl (C=O) groups excluding carboxylic acids is 1. The average Bonchev–Trinajstić information content (AvgIpc) is 2.86. The minimum atomic E-state index is -0.202. The molecule has 5 nitrogen and oxygen atoms in total. The van der Waals surface area contributed by atoms with Gasteiger partial charge in [-0.05, 0) is 54.8 Å². The molecule has 1 aliphatic heterocycles. The summed E-state index contributed by atoms with van der Waals surface area (Å²) in [4.78, 5) is 19.7. The number of anilines is 2. The summed E-state index contributed by atoms with van der Waals surface area (Å²) in [5.74, 6) is 0.188. The third-order valence-corrected chi connectivity index (χ3v) is 7.19. The molecular weight excluding hydrogens is 415 g/mol. The fourth-order valence-electron chi connectivity index (χ4n) is 5.10. The first-order valence-electron chi connectivity index (χ1n) is 12.3. The molecule has 1 heterocycles. The Kier molecular flexibility index (Phi) is 7.86. The van der Waals surface area contributed by atoms with E-state index in [0.29, 0.717) is 6.54 Å². The maximum atomic E-state index is 13.3. The lowest BCUT2D eigenvalue weighted by Gasteiger charge is -2.40. The van der Waals surface area contributed by atoms with Gasteiger partial charge in [0.1, 0.15) is 5.82 Å². The highest BCUT2D eigenvalue weighted by Gasteiger charge is 2.27. The summed E-state index contributed by atoms with van der Waals surface area (Å²) in [5, 5.41) is 3.29. The smallest absolute Gasteiger partial charge is 0.223 e. The molecule has 178 valence electrons. The molecule has 4 rings (SSSR count). The molecule has 2 fully saturated rings. The van der Waals surface area contributed by atoms with Gasteiger partial charge >= 0.3 is 0 Å². The number of nitrogens with one attached hydrogen (secondary N) is 1. The first-order chi connectivity index (χ1) is 16.0. The van der Waals surface area contributed by atoms with Gasteiger partial charge in [0.15, 0.2) is 0 Å². The van der Waals surface area contributed by atoms with Gasteiger partial charge in [-0.2, -0.15) is 0 Å². The Hall–Kier alpha value is -2.60. The first kappa shape index (κ1) is 23.6. The molecule has 0 aromatic heterocycles. The van der Waals surface area contributed by atoms with Crippen molar-refractivity contribution >= 4 is 17.3 Å². The molecule has 1 atom stereocenters. The van der Waals surface area contributed by atoms with Crippen molar-refractivity contribution in [2.24, 2.45) is 5.92 Å². The molecule has 0 bridgehead atoms. The van der Waals surface area contributed by atoms with Crippen LogP contribution in [0.2, 0.25) is 0 Å². The molecular formula is C27H37FN4O. The summed E-state index contributed by atoms with van der Waals surface area (Å²) in [7, 11) is 4.09. The SMILES string of the molecule is CN(C)c1ccc([C@@H](CNC(=O)C2CCCCC2)N2CCN(c3ccc(F)cc3)CC2)cc1. The Bertz CT molecular complexity index is 885. The normalized spacial score (nSPS) is 18.7. The number of halogens is 1.